The average molecular weight is 339 g/mol. The zero-order valence-corrected chi connectivity index (χ0v) is 13.9. The lowest BCUT2D eigenvalue weighted by Gasteiger charge is -2.10. The highest BCUT2D eigenvalue weighted by atomic mass is 16.5. The first-order valence-corrected chi connectivity index (χ1v) is 7.74. The molecule has 0 aliphatic heterocycles. The molecule has 0 saturated heterocycles. The van der Waals surface area contributed by atoms with E-state index in [0.29, 0.717) is 30.3 Å². The number of hydrazine groups is 1. The highest BCUT2D eigenvalue weighted by Gasteiger charge is 2.10. The third kappa shape index (κ3) is 3.81. The topological polar surface area (TPSA) is 130 Å². The molecule has 3 aromatic rings. The minimum absolute atomic E-state index is 0.362. The van der Waals surface area contributed by atoms with Crippen LogP contribution in [-0.2, 0) is 13.0 Å². The van der Waals surface area contributed by atoms with Gasteiger partial charge in [0.2, 0.25) is 0 Å². The maximum absolute atomic E-state index is 6.07. The van der Waals surface area contributed by atoms with Gasteiger partial charge in [0, 0.05) is 12.6 Å². The molecule has 0 aliphatic carbocycles. The van der Waals surface area contributed by atoms with Gasteiger partial charge < -0.3 is 21.6 Å². The number of nitrogen functional groups attached to an aromatic ring is 3. The van der Waals surface area contributed by atoms with E-state index in [0.717, 1.165) is 22.4 Å². The Kier molecular flexibility index (Phi) is 4.71. The minimum atomic E-state index is 0.362. The average Bonchev–Trinajstić information content (AvgIpc) is 3.04. The molecule has 2 heterocycles. The van der Waals surface area contributed by atoms with Crippen LogP contribution in [0.25, 0.3) is 0 Å². The summed E-state index contributed by atoms with van der Waals surface area (Å²) in [4.78, 5) is 4.05. The number of benzene rings is 1. The number of nitrogens with two attached hydrogens (primary N) is 3. The Hall–Kier alpha value is -3.26. The van der Waals surface area contributed by atoms with E-state index in [4.69, 9.17) is 22.0 Å². The van der Waals surface area contributed by atoms with Gasteiger partial charge in [0.15, 0.2) is 5.82 Å². The SMILES string of the molecule is COc1cccc(Cn2cc(Cc3cc(N)nc(NN)c3N)cn2)c1. The molecule has 7 N–H and O–H groups in total. The van der Waals surface area contributed by atoms with E-state index in [-0.39, 0.29) is 0 Å². The van der Waals surface area contributed by atoms with Crippen LogP contribution >= 0.6 is 0 Å². The number of methoxy groups -OCH3 is 1. The van der Waals surface area contributed by atoms with Crippen LogP contribution < -0.4 is 27.5 Å². The van der Waals surface area contributed by atoms with Crippen molar-refractivity contribution in [3.8, 4) is 5.75 Å². The van der Waals surface area contributed by atoms with Crippen LogP contribution in [0.15, 0.2) is 42.7 Å². The molecule has 0 spiro atoms. The Bertz CT molecular complexity index is 875. The van der Waals surface area contributed by atoms with Crippen LogP contribution in [0.1, 0.15) is 16.7 Å². The summed E-state index contributed by atoms with van der Waals surface area (Å²) in [6, 6.07) is 9.64. The van der Waals surface area contributed by atoms with E-state index in [1.54, 1.807) is 13.2 Å². The number of rotatable bonds is 6. The van der Waals surface area contributed by atoms with Crippen LogP contribution in [0.3, 0.4) is 0 Å². The molecule has 2 aromatic heterocycles. The summed E-state index contributed by atoms with van der Waals surface area (Å²) in [6.07, 6.45) is 4.38. The molecule has 0 amide bonds. The maximum Gasteiger partial charge on any atom is 0.165 e. The fraction of sp³-hybridized carbons (Fsp3) is 0.176. The van der Waals surface area contributed by atoms with Crippen molar-refractivity contribution in [2.45, 2.75) is 13.0 Å². The molecule has 8 heteroatoms. The summed E-state index contributed by atoms with van der Waals surface area (Å²) in [5.41, 5.74) is 17.8. The third-order valence-electron chi connectivity index (χ3n) is 3.86. The first kappa shape index (κ1) is 16.6. The first-order valence-electron chi connectivity index (χ1n) is 7.74. The Morgan fingerprint density at radius 3 is 2.80 bits per heavy atom. The van der Waals surface area contributed by atoms with Crippen molar-refractivity contribution in [2.75, 3.05) is 24.0 Å². The molecule has 25 heavy (non-hydrogen) atoms. The van der Waals surface area contributed by atoms with Crippen molar-refractivity contribution in [3.63, 3.8) is 0 Å². The Balaban J connectivity index is 1.77. The van der Waals surface area contributed by atoms with E-state index < -0.39 is 0 Å². The largest absolute Gasteiger partial charge is 0.497 e. The number of nitrogens with zero attached hydrogens (tertiary/aromatic N) is 3. The van der Waals surface area contributed by atoms with Gasteiger partial charge in [-0.05, 0) is 34.9 Å². The number of aromatic nitrogens is 3. The van der Waals surface area contributed by atoms with Gasteiger partial charge in [0.1, 0.15) is 11.6 Å². The van der Waals surface area contributed by atoms with E-state index in [2.05, 4.69) is 15.5 Å². The summed E-state index contributed by atoms with van der Waals surface area (Å²) in [7, 11) is 1.65. The van der Waals surface area contributed by atoms with Crippen molar-refractivity contribution in [2.24, 2.45) is 5.84 Å². The molecule has 0 atom stereocenters. The zero-order chi connectivity index (χ0) is 17.8. The fourth-order valence-electron chi connectivity index (χ4n) is 2.65. The van der Waals surface area contributed by atoms with Crippen molar-refractivity contribution < 1.29 is 4.74 Å². The van der Waals surface area contributed by atoms with E-state index >= 15 is 0 Å². The lowest BCUT2D eigenvalue weighted by atomic mass is 10.1. The molecule has 3 rings (SSSR count). The van der Waals surface area contributed by atoms with Gasteiger partial charge >= 0.3 is 0 Å². The molecule has 0 radical (unpaired) electrons. The molecule has 130 valence electrons. The van der Waals surface area contributed by atoms with Gasteiger partial charge in [-0.15, -0.1) is 0 Å². The number of pyridine rings is 1. The normalized spacial score (nSPS) is 10.6. The smallest absolute Gasteiger partial charge is 0.165 e. The molecular weight excluding hydrogens is 318 g/mol. The molecule has 0 unspecified atom stereocenters. The summed E-state index contributed by atoms with van der Waals surface area (Å²) >= 11 is 0. The number of hydrogen-bond acceptors (Lipinski definition) is 7. The van der Waals surface area contributed by atoms with Crippen molar-refractivity contribution in [1.82, 2.24) is 14.8 Å². The summed E-state index contributed by atoms with van der Waals surface area (Å²) in [6.45, 7) is 0.654. The lowest BCUT2D eigenvalue weighted by molar-refractivity contribution is 0.414. The van der Waals surface area contributed by atoms with Gasteiger partial charge in [-0.1, -0.05) is 12.1 Å². The number of anilines is 3. The van der Waals surface area contributed by atoms with Gasteiger partial charge in [-0.3, -0.25) is 4.68 Å². The second-order valence-corrected chi connectivity index (χ2v) is 5.69. The highest BCUT2D eigenvalue weighted by molar-refractivity contribution is 5.68. The summed E-state index contributed by atoms with van der Waals surface area (Å²) in [5, 5.41) is 4.41. The summed E-state index contributed by atoms with van der Waals surface area (Å²) in [5.74, 6) is 6.98. The van der Waals surface area contributed by atoms with Gasteiger partial charge in [0.05, 0.1) is 25.5 Å². The van der Waals surface area contributed by atoms with Gasteiger partial charge in [0.25, 0.3) is 0 Å². The molecule has 1 aromatic carbocycles. The lowest BCUT2D eigenvalue weighted by Crippen LogP contribution is -2.13. The van der Waals surface area contributed by atoms with Gasteiger partial charge in [-0.25, -0.2) is 10.8 Å². The van der Waals surface area contributed by atoms with Crippen LogP contribution in [0, 0.1) is 0 Å². The third-order valence-corrected chi connectivity index (χ3v) is 3.86. The zero-order valence-electron chi connectivity index (χ0n) is 13.9. The summed E-state index contributed by atoms with van der Waals surface area (Å²) < 4.78 is 7.11. The monoisotopic (exact) mass is 339 g/mol. The fourth-order valence-corrected chi connectivity index (χ4v) is 2.65. The van der Waals surface area contributed by atoms with E-state index in [9.17, 15) is 0 Å². The van der Waals surface area contributed by atoms with Crippen molar-refractivity contribution >= 4 is 17.3 Å². The van der Waals surface area contributed by atoms with Crippen LogP contribution in [0.5, 0.6) is 5.75 Å². The molecule has 0 aliphatic rings. The molecule has 0 bridgehead atoms. The van der Waals surface area contributed by atoms with E-state index in [1.807, 2.05) is 41.3 Å². The molecule has 0 fully saturated rings. The Morgan fingerprint density at radius 1 is 1.20 bits per heavy atom. The Labute approximate surface area is 145 Å². The predicted octanol–water partition coefficient (Wildman–Crippen LogP) is 1.38. The quantitative estimate of drug-likeness (QED) is 0.394. The highest BCUT2D eigenvalue weighted by Crippen LogP contribution is 2.24. The van der Waals surface area contributed by atoms with Crippen LogP contribution in [0.2, 0.25) is 0 Å². The molecule has 8 nitrogen and oxygen atoms in total. The molecule has 0 saturated carbocycles. The maximum atomic E-state index is 6.07. The predicted molar refractivity (Wildman–Crippen MR) is 98.0 cm³/mol. The number of ether oxygens (including phenoxy) is 1. The van der Waals surface area contributed by atoms with Gasteiger partial charge in [-0.2, -0.15) is 5.10 Å². The first-order chi connectivity index (χ1) is 12.1. The standard InChI is InChI=1S/C17H21N7O/c1-25-14-4-2-3-11(6-14)9-24-10-12(8-21-24)5-13-7-15(18)22-17(23-20)16(13)19/h2-4,6-8,10H,5,9,19-20H2,1H3,(H3,18,22,23). The van der Waals surface area contributed by atoms with E-state index in [1.165, 1.54) is 0 Å². The minimum Gasteiger partial charge on any atom is -0.497 e. The number of hydrogen-bond donors (Lipinski definition) is 4. The van der Waals surface area contributed by atoms with Crippen molar-refractivity contribution in [1.29, 1.82) is 0 Å². The number of nitrogens with one attached hydrogen (secondary N) is 1. The van der Waals surface area contributed by atoms with Crippen LogP contribution in [-0.4, -0.2) is 21.9 Å². The second kappa shape index (κ2) is 7.10. The molecular formula is C17H21N7O. The Morgan fingerprint density at radius 2 is 2.04 bits per heavy atom. The van der Waals surface area contributed by atoms with Crippen molar-refractivity contribution in [3.05, 3.63) is 59.4 Å². The van der Waals surface area contributed by atoms with Crippen LogP contribution in [0.4, 0.5) is 17.3 Å². The second-order valence-electron chi connectivity index (χ2n) is 5.69.